The fourth-order valence-corrected chi connectivity index (χ4v) is 3.17. The summed E-state index contributed by atoms with van der Waals surface area (Å²) in [5.41, 5.74) is 1.76. The van der Waals surface area contributed by atoms with Gasteiger partial charge < -0.3 is 4.90 Å². The van der Waals surface area contributed by atoms with Crippen molar-refractivity contribution in [1.82, 2.24) is 14.7 Å². The van der Waals surface area contributed by atoms with Crippen molar-refractivity contribution >= 4 is 5.91 Å². The van der Waals surface area contributed by atoms with Crippen LogP contribution in [0, 0.1) is 0 Å². The number of rotatable bonds is 3. The molecule has 1 heterocycles. The molecule has 0 bridgehead atoms. The number of benzene rings is 1. The molecular weight excluding hydrogens is 331 g/mol. The highest BCUT2D eigenvalue weighted by molar-refractivity contribution is 5.72. The summed E-state index contributed by atoms with van der Waals surface area (Å²) in [7, 11) is 1.70. The summed E-state index contributed by atoms with van der Waals surface area (Å²) in [6.45, 7) is 1.95. The van der Waals surface area contributed by atoms with E-state index in [0.717, 1.165) is 18.4 Å². The molecule has 2 aromatic rings. The van der Waals surface area contributed by atoms with Crippen molar-refractivity contribution in [3.63, 3.8) is 0 Å². The highest BCUT2D eigenvalue weighted by Gasteiger charge is 2.39. The highest BCUT2D eigenvalue weighted by atomic mass is 19.4. The summed E-state index contributed by atoms with van der Waals surface area (Å²) >= 11 is 0. The van der Waals surface area contributed by atoms with Crippen LogP contribution in [-0.2, 0) is 30.4 Å². The number of hydrogen-bond acceptors (Lipinski definition) is 2. The van der Waals surface area contributed by atoms with Crippen LogP contribution in [0.4, 0.5) is 13.2 Å². The molecule has 3 rings (SSSR count). The van der Waals surface area contributed by atoms with Gasteiger partial charge in [0.25, 0.3) is 0 Å². The van der Waals surface area contributed by atoms with Gasteiger partial charge in [0, 0.05) is 31.8 Å². The molecule has 1 amide bonds. The lowest BCUT2D eigenvalue weighted by atomic mass is 9.95. The van der Waals surface area contributed by atoms with Crippen LogP contribution in [0.5, 0.6) is 0 Å². The monoisotopic (exact) mass is 351 g/mol. The van der Waals surface area contributed by atoms with Gasteiger partial charge in [-0.2, -0.15) is 18.3 Å². The van der Waals surface area contributed by atoms with Gasteiger partial charge in [0.2, 0.25) is 5.91 Å². The van der Waals surface area contributed by atoms with Crippen molar-refractivity contribution in [2.75, 3.05) is 7.05 Å². The topological polar surface area (TPSA) is 38.1 Å². The van der Waals surface area contributed by atoms with Crippen molar-refractivity contribution < 1.29 is 18.0 Å². The van der Waals surface area contributed by atoms with Gasteiger partial charge >= 0.3 is 6.18 Å². The van der Waals surface area contributed by atoms with Crippen LogP contribution in [0.25, 0.3) is 5.69 Å². The van der Waals surface area contributed by atoms with E-state index in [1.54, 1.807) is 24.1 Å². The minimum absolute atomic E-state index is 0.0416. The molecule has 0 saturated heterocycles. The van der Waals surface area contributed by atoms with E-state index in [0.29, 0.717) is 36.3 Å². The fourth-order valence-electron chi connectivity index (χ4n) is 3.17. The zero-order valence-electron chi connectivity index (χ0n) is 14.2. The van der Waals surface area contributed by atoms with Gasteiger partial charge in [-0.1, -0.05) is 12.1 Å². The van der Waals surface area contributed by atoms with Crippen molar-refractivity contribution in [3.05, 3.63) is 46.8 Å². The Morgan fingerprint density at radius 2 is 1.84 bits per heavy atom. The Balaban J connectivity index is 1.94. The van der Waals surface area contributed by atoms with E-state index in [-0.39, 0.29) is 5.91 Å². The van der Waals surface area contributed by atoms with Crippen LogP contribution in [0.15, 0.2) is 24.3 Å². The van der Waals surface area contributed by atoms with E-state index >= 15 is 0 Å². The Morgan fingerprint density at radius 1 is 1.20 bits per heavy atom. The average molecular weight is 351 g/mol. The molecule has 0 saturated carbocycles. The van der Waals surface area contributed by atoms with E-state index in [1.807, 2.05) is 12.1 Å². The maximum atomic E-state index is 13.3. The Morgan fingerprint density at radius 3 is 2.44 bits per heavy atom. The SMILES string of the molecule is CC(=O)N(C)Cc1ccc(-n2nc(C(F)(F)F)c3c2CCCC3)cc1. The van der Waals surface area contributed by atoms with Crippen LogP contribution in [0.1, 0.15) is 42.3 Å². The fraction of sp³-hybridized carbons (Fsp3) is 0.444. The molecule has 4 nitrogen and oxygen atoms in total. The Kier molecular flexibility index (Phi) is 4.58. The molecule has 7 heteroatoms. The second-order valence-corrected chi connectivity index (χ2v) is 6.43. The van der Waals surface area contributed by atoms with Crippen molar-refractivity contribution in [1.29, 1.82) is 0 Å². The van der Waals surface area contributed by atoms with Gasteiger partial charge in [-0.3, -0.25) is 4.79 Å². The third-order valence-electron chi connectivity index (χ3n) is 4.59. The van der Waals surface area contributed by atoms with E-state index in [4.69, 9.17) is 0 Å². The normalized spacial score (nSPS) is 14.3. The number of hydrogen-bond donors (Lipinski definition) is 0. The van der Waals surface area contributed by atoms with Gasteiger partial charge in [0.05, 0.1) is 5.69 Å². The second kappa shape index (κ2) is 6.54. The van der Waals surface area contributed by atoms with E-state index in [2.05, 4.69) is 5.10 Å². The largest absolute Gasteiger partial charge is 0.435 e. The van der Waals surface area contributed by atoms with Crippen molar-refractivity contribution in [2.45, 2.75) is 45.3 Å². The van der Waals surface area contributed by atoms with Gasteiger partial charge in [0.15, 0.2) is 5.69 Å². The Bertz CT molecular complexity index is 778. The molecule has 25 heavy (non-hydrogen) atoms. The van der Waals surface area contributed by atoms with Crippen LogP contribution >= 0.6 is 0 Å². The molecule has 134 valence electrons. The minimum Gasteiger partial charge on any atom is -0.342 e. The molecule has 0 N–H and O–H groups in total. The molecule has 1 aliphatic rings. The summed E-state index contributed by atoms with van der Waals surface area (Å²) in [4.78, 5) is 12.9. The first-order valence-electron chi connectivity index (χ1n) is 8.26. The third kappa shape index (κ3) is 3.55. The smallest absolute Gasteiger partial charge is 0.342 e. The first-order chi connectivity index (χ1) is 11.8. The molecular formula is C18H20F3N3O. The standard InChI is InChI=1S/C18H20F3N3O/c1-12(25)23(2)11-13-7-9-14(10-8-13)24-16-6-4-3-5-15(16)17(22-24)18(19,20)21/h7-10H,3-6,11H2,1-2H3. The summed E-state index contributed by atoms with van der Waals surface area (Å²) in [6.07, 6.45) is -1.77. The maximum Gasteiger partial charge on any atom is 0.435 e. The van der Waals surface area contributed by atoms with Crippen LogP contribution in [0.3, 0.4) is 0 Å². The summed E-state index contributed by atoms with van der Waals surface area (Å²) in [6, 6.07) is 7.15. The number of alkyl halides is 3. The Labute approximate surface area is 144 Å². The van der Waals surface area contributed by atoms with Gasteiger partial charge in [-0.05, 0) is 43.4 Å². The van der Waals surface area contributed by atoms with E-state index in [9.17, 15) is 18.0 Å². The quantitative estimate of drug-likeness (QED) is 0.845. The first-order valence-corrected chi connectivity index (χ1v) is 8.26. The van der Waals surface area contributed by atoms with Crippen molar-refractivity contribution in [2.24, 2.45) is 0 Å². The highest BCUT2D eigenvalue weighted by Crippen LogP contribution is 2.36. The molecule has 1 aromatic carbocycles. The molecule has 0 unspecified atom stereocenters. The lowest BCUT2D eigenvalue weighted by molar-refractivity contribution is -0.142. The number of nitrogens with zero attached hydrogens (tertiary/aromatic N) is 3. The molecule has 0 atom stereocenters. The van der Waals surface area contributed by atoms with Crippen LogP contribution in [0.2, 0.25) is 0 Å². The molecule has 1 aliphatic carbocycles. The maximum absolute atomic E-state index is 13.3. The molecule has 0 radical (unpaired) electrons. The predicted octanol–water partition coefficient (Wildman–Crippen LogP) is 3.75. The lowest BCUT2D eigenvalue weighted by Crippen LogP contribution is -2.22. The zero-order valence-corrected chi connectivity index (χ0v) is 14.2. The molecule has 1 aromatic heterocycles. The van der Waals surface area contributed by atoms with Gasteiger partial charge in [-0.25, -0.2) is 4.68 Å². The predicted molar refractivity (Wildman–Crippen MR) is 87.4 cm³/mol. The lowest BCUT2D eigenvalue weighted by Gasteiger charge is -2.16. The summed E-state index contributed by atoms with van der Waals surface area (Å²) in [5.74, 6) is -0.0416. The number of aromatic nitrogens is 2. The minimum atomic E-state index is -4.43. The Hall–Kier alpha value is -2.31. The van der Waals surface area contributed by atoms with Crippen molar-refractivity contribution in [3.8, 4) is 5.69 Å². The average Bonchev–Trinajstić information content (AvgIpc) is 2.95. The number of carbonyl (C=O) groups is 1. The van der Waals surface area contributed by atoms with Gasteiger partial charge in [0.1, 0.15) is 0 Å². The van der Waals surface area contributed by atoms with Crippen LogP contribution < -0.4 is 0 Å². The zero-order chi connectivity index (χ0) is 18.2. The molecule has 0 aliphatic heterocycles. The first kappa shape index (κ1) is 17.5. The van der Waals surface area contributed by atoms with Crippen LogP contribution in [-0.4, -0.2) is 27.6 Å². The van der Waals surface area contributed by atoms with E-state index < -0.39 is 11.9 Å². The second-order valence-electron chi connectivity index (χ2n) is 6.43. The number of carbonyl (C=O) groups excluding carboxylic acids is 1. The number of fused-ring (bicyclic) bond motifs is 1. The summed E-state index contributed by atoms with van der Waals surface area (Å²) in [5, 5.41) is 3.88. The third-order valence-corrected chi connectivity index (χ3v) is 4.59. The van der Waals surface area contributed by atoms with Gasteiger partial charge in [-0.15, -0.1) is 0 Å². The number of halogens is 3. The van der Waals surface area contributed by atoms with E-state index in [1.165, 1.54) is 11.6 Å². The molecule has 0 fully saturated rings. The molecule has 0 spiro atoms. The number of amides is 1. The summed E-state index contributed by atoms with van der Waals surface area (Å²) < 4.78 is 41.3.